The molecule has 34 heavy (non-hydrogen) atoms. The summed E-state index contributed by atoms with van der Waals surface area (Å²) in [7, 11) is 0. The molecule has 0 heterocycles. The Bertz CT molecular complexity index is 705. The molecule has 0 aromatic heterocycles. The first-order valence-electron chi connectivity index (χ1n) is 8.90. The van der Waals surface area contributed by atoms with Gasteiger partial charge in [-0.3, -0.25) is 4.79 Å². The average molecular weight is 560 g/mol. The fourth-order valence-corrected chi connectivity index (χ4v) is 3.04. The predicted octanol–water partition coefficient (Wildman–Crippen LogP) is 7.78. The minimum absolute atomic E-state index is 0.255. The molecule has 0 aromatic carbocycles. The maximum atomic E-state index is 13.7. The van der Waals surface area contributed by atoms with Gasteiger partial charge < -0.3 is 0 Å². The summed E-state index contributed by atoms with van der Waals surface area (Å²) < 4.78 is 211. The Morgan fingerprint density at radius 1 is 0.706 bits per heavy atom. The molecule has 0 radical (unpaired) electrons. The van der Waals surface area contributed by atoms with Crippen LogP contribution in [0.15, 0.2) is 0 Å². The molecule has 18 heteroatoms. The van der Waals surface area contributed by atoms with Crippen LogP contribution in [0.3, 0.4) is 0 Å². The fraction of sp³-hybridized carbons (Fsp3) is 0.938. The zero-order chi connectivity index (χ0) is 27.8. The van der Waals surface area contributed by atoms with Gasteiger partial charge in [0, 0.05) is 18.1 Å². The third-order valence-corrected chi connectivity index (χ3v) is 5.80. The van der Waals surface area contributed by atoms with E-state index in [-0.39, 0.29) is 18.2 Å². The van der Waals surface area contributed by atoms with Crippen LogP contribution in [-0.4, -0.2) is 58.8 Å². The number of hydrogen-bond acceptors (Lipinski definition) is 2. The molecular weight excluding hydrogens is 544 g/mol. The molecule has 0 saturated heterocycles. The van der Waals surface area contributed by atoms with E-state index >= 15 is 0 Å². The van der Waals surface area contributed by atoms with Gasteiger partial charge in [0.15, 0.2) is 5.12 Å². The van der Waals surface area contributed by atoms with Crippen molar-refractivity contribution in [3.05, 3.63) is 0 Å². The largest absolute Gasteiger partial charge is 0.384 e. The molecule has 1 unspecified atom stereocenters. The first-order chi connectivity index (χ1) is 14.8. The van der Waals surface area contributed by atoms with Gasteiger partial charge in [0.2, 0.25) is 0 Å². The second-order valence-electron chi connectivity index (χ2n) is 7.08. The van der Waals surface area contributed by atoms with Crippen molar-refractivity contribution in [2.24, 2.45) is 5.92 Å². The topological polar surface area (TPSA) is 17.1 Å². The van der Waals surface area contributed by atoms with E-state index in [0.717, 1.165) is 0 Å². The van der Waals surface area contributed by atoms with Gasteiger partial charge in [-0.05, 0) is 12.8 Å². The van der Waals surface area contributed by atoms with Gasteiger partial charge in [0.05, 0.1) is 0 Å². The highest BCUT2D eigenvalue weighted by Gasteiger charge is 2.93. The van der Waals surface area contributed by atoms with Crippen LogP contribution in [0.1, 0.15) is 33.1 Å². The maximum absolute atomic E-state index is 13.7. The summed E-state index contributed by atoms with van der Waals surface area (Å²) in [6, 6.07) is 0. The molecular formula is C16H16F16OS. The minimum atomic E-state index is -8.38. The lowest BCUT2D eigenvalue weighted by molar-refractivity contribution is -0.447. The molecule has 0 amide bonds. The first kappa shape index (κ1) is 32.9. The minimum Gasteiger partial charge on any atom is -0.287 e. The number of rotatable bonds is 13. The highest BCUT2D eigenvalue weighted by molar-refractivity contribution is 8.13. The number of carbonyl (C=O) groups excluding carboxylic acids is 1. The molecule has 1 atom stereocenters. The molecule has 0 spiro atoms. The van der Waals surface area contributed by atoms with Gasteiger partial charge >= 0.3 is 47.9 Å². The van der Waals surface area contributed by atoms with E-state index in [2.05, 4.69) is 0 Å². The molecule has 0 aliphatic carbocycles. The van der Waals surface area contributed by atoms with Gasteiger partial charge in [0.25, 0.3) is 0 Å². The van der Waals surface area contributed by atoms with Crippen LogP contribution in [0.5, 0.6) is 0 Å². The summed E-state index contributed by atoms with van der Waals surface area (Å²) in [6.07, 6.45) is -9.34. The molecule has 0 aliphatic heterocycles. The van der Waals surface area contributed by atoms with Crippen LogP contribution < -0.4 is 0 Å². The highest BCUT2D eigenvalue weighted by Crippen LogP contribution is 2.63. The highest BCUT2D eigenvalue weighted by atomic mass is 32.2. The second-order valence-corrected chi connectivity index (χ2v) is 8.18. The Hall–Kier alpha value is -1.10. The molecule has 0 fully saturated rings. The van der Waals surface area contributed by atoms with Crippen molar-refractivity contribution >= 4 is 16.9 Å². The van der Waals surface area contributed by atoms with Gasteiger partial charge in [-0.2, -0.15) is 61.5 Å². The number of carbonyl (C=O) groups is 1. The lowest BCUT2D eigenvalue weighted by atomic mass is 9.88. The number of hydrogen-bond donors (Lipinski definition) is 0. The standard InChI is InChI=1S/C16H16F16OS/c1-3-7(2)8(33)34-6-4-5-10(19,20)12(23,24)14(27,28)16(31,32)15(29,30)13(25,26)11(21,22)9(17)18/h7,9H,3-6H2,1-2H3. The average Bonchev–Trinajstić information content (AvgIpc) is 2.69. The maximum Gasteiger partial charge on any atom is 0.384 e. The summed E-state index contributed by atoms with van der Waals surface area (Å²) in [5.41, 5.74) is 0. The lowest BCUT2D eigenvalue weighted by Gasteiger charge is -2.42. The Labute approximate surface area is 185 Å². The SMILES string of the molecule is CCC(C)C(=O)SCCCC(F)(F)C(F)(F)C(F)(F)C(F)(F)C(F)(F)C(F)(F)C(F)(F)C(F)F. The van der Waals surface area contributed by atoms with Crippen molar-refractivity contribution in [1.29, 1.82) is 0 Å². The third-order valence-electron chi connectivity index (χ3n) is 4.62. The van der Waals surface area contributed by atoms with Crippen LogP contribution >= 0.6 is 11.8 Å². The molecule has 1 nitrogen and oxygen atoms in total. The quantitative estimate of drug-likeness (QED) is 0.169. The fourth-order valence-electron chi connectivity index (χ4n) is 2.10. The van der Waals surface area contributed by atoms with E-state index in [9.17, 15) is 75.0 Å². The Balaban J connectivity index is 6.00. The van der Waals surface area contributed by atoms with Crippen molar-refractivity contribution in [3.63, 3.8) is 0 Å². The molecule has 0 N–H and O–H groups in total. The molecule has 0 rings (SSSR count). The van der Waals surface area contributed by atoms with E-state index in [0.29, 0.717) is 0 Å². The van der Waals surface area contributed by atoms with Crippen LogP contribution in [0, 0.1) is 5.92 Å². The smallest absolute Gasteiger partial charge is 0.287 e. The van der Waals surface area contributed by atoms with Crippen molar-refractivity contribution in [2.45, 2.75) is 81.0 Å². The van der Waals surface area contributed by atoms with Crippen LogP contribution in [0.4, 0.5) is 70.2 Å². The number of halogens is 16. The predicted molar refractivity (Wildman–Crippen MR) is 86.8 cm³/mol. The molecule has 0 aliphatic rings. The molecule has 204 valence electrons. The van der Waals surface area contributed by atoms with E-state index in [4.69, 9.17) is 0 Å². The zero-order valence-corrected chi connectivity index (χ0v) is 17.7. The normalized spacial score (nSPS) is 16.2. The van der Waals surface area contributed by atoms with E-state index in [1.165, 1.54) is 13.8 Å². The molecule has 0 aromatic rings. The zero-order valence-electron chi connectivity index (χ0n) is 16.8. The van der Waals surface area contributed by atoms with Crippen molar-refractivity contribution < 1.29 is 75.0 Å². The monoisotopic (exact) mass is 560 g/mol. The van der Waals surface area contributed by atoms with Gasteiger partial charge in [-0.15, -0.1) is 0 Å². The summed E-state index contributed by atoms with van der Waals surface area (Å²) in [4.78, 5) is 11.5. The van der Waals surface area contributed by atoms with Gasteiger partial charge in [0.1, 0.15) is 0 Å². The Morgan fingerprint density at radius 3 is 1.47 bits per heavy atom. The summed E-state index contributed by atoms with van der Waals surface area (Å²) in [5.74, 6) is -55.7. The summed E-state index contributed by atoms with van der Waals surface area (Å²) in [6.45, 7) is 2.89. The van der Waals surface area contributed by atoms with E-state index in [1.54, 1.807) is 0 Å². The number of alkyl halides is 16. The van der Waals surface area contributed by atoms with Crippen molar-refractivity contribution in [2.75, 3.05) is 5.75 Å². The van der Waals surface area contributed by atoms with Crippen LogP contribution in [-0.2, 0) is 4.79 Å². The van der Waals surface area contributed by atoms with Crippen molar-refractivity contribution in [3.8, 4) is 0 Å². The second kappa shape index (κ2) is 10.1. The Kier molecular flexibility index (Phi) is 9.78. The lowest BCUT2D eigenvalue weighted by Crippen LogP contribution is -2.73. The van der Waals surface area contributed by atoms with Gasteiger partial charge in [-0.1, -0.05) is 25.6 Å². The van der Waals surface area contributed by atoms with E-state index in [1.807, 2.05) is 0 Å². The Morgan fingerprint density at radius 2 is 1.09 bits per heavy atom. The van der Waals surface area contributed by atoms with Gasteiger partial charge in [-0.25, -0.2) is 8.78 Å². The summed E-state index contributed by atoms with van der Waals surface area (Å²) >= 11 is 0.260. The first-order valence-corrected chi connectivity index (χ1v) is 9.89. The van der Waals surface area contributed by atoms with E-state index < -0.39 is 77.5 Å². The molecule has 0 bridgehead atoms. The summed E-state index contributed by atoms with van der Waals surface area (Å²) in [5, 5.41) is -0.656. The van der Waals surface area contributed by atoms with Crippen LogP contribution in [0.25, 0.3) is 0 Å². The van der Waals surface area contributed by atoms with Crippen LogP contribution in [0.2, 0.25) is 0 Å². The number of thioether (sulfide) groups is 1. The van der Waals surface area contributed by atoms with Crippen molar-refractivity contribution in [1.82, 2.24) is 0 Å². The third kappa shape index (κ3) is 5.20. The molecule has 0 saturated carbocycles.